The summed E-state index contributed by atoms with van der Waals surface area (Å²) in [6.45, 7) is 10.9. The molecule has 0 radical (unpaired) electrons. The van der Waals surface area contributed by atoms with Crippen LogP contribution >= 0.6 is 0 Å². The molecule has 2 heterocycles. The van der Waals surface area contributed by atoms with E-state index in [9.17, 15) is 0 Å². The van der Waals surface area contributed by atoms with Gasteiger partial charge in [0.25, 0.3) is 0 Å². The molecule has 0 unspecified atom stereocenters. The van der Waals surface area contributed by atoms with Crippen LogP contribution in [-0.2, 0) is 18.3 Å². The molecule has 2 rings (SSSR count). The Kier molecular flexibility index (Phi) is 3.06. The summed E-state index contributed by atoms with van der Waals surface area (Å²) < 4.78 is 5.86. The lowest BCUT2D eigenvalue weighted by Gasteiger charge is -2.25. The second-order valence-electron chi connectivity index (χ2n) is 5.71. The van der Waals surface area contributed by atoms with Gasteiger partial charge in [-0.2, -0.15) is 0 Å². The lowest BCUT2D eigenvalue weighted by Crippen LogP contribution is -2.43. The van der Waals surface area contributed by atoms with Crippen molar-refractivity contribution in [2.24, 2.45) is 5.92 Å². The Hall–Kier alpha value is -0.830. The second kappa shape index (κ2) is 4.21. The van der Waals surface area contributed by atoms with Crippen molar-refractivity contribution < 1.29 is 4.42 Å². The number of aryl methyl sites for hydroxylation is 1. The zero-order valence-corrected chi connectivity index (χ0v) is 10.8. The van der Waals surface area contributed by atoms with Crippen LogP contribution in [-0.4, -0.2) is 18.1 Å². The first-order chi connectivity index (χ1) is 7.50. The maximum Gasteiger partial charge on any atom is 0.195 e. The van der Waals surface area contributed by atoms with Crippen LogP contribution in [0.25, 0.3) is 0 Å². The van der Waals surface area contributed by atoms with Crippen LogP contribution in [0.4, 0.5) is 0 Å². The smallest absolute Gasteiger partial charge is 0.195 e. The summed E-state index contributed by atoms with van der Waals surface area (Å²) in [5.74, 6) is 2.71. The summed E-state index contributed by atoms with van der Waals surface area (Å²) in [6, 6.07) is 0. The van der Waals surface area contributed by atoms with Crippen molar-refractivity contribution in [2.75, 3.05) is 13.1 Å². The number of nitrogens with one attached hydrogen (secondary N) is 1. The molecule has 1 saturated heterocycles. The second-order valence-corrected chi connectivity index (χ2v) is 5.71. The summed E-state index contributed by atoms with van der Waals surface area (Å²) >= 11 is 0. The highest BCUT2D eigenvalue weighted by molar-refractivity contribution is 5.19. The van der Waals surface area contributed by atoms with Gasteiger partial charge in [0, 0.05) is 18.3 Å². The SMILES string of the molecule is CCc1oc(CC2CNC2)nc1C(C)(C)C. The van der Waals surface area contributed by atoms with Crippen molar-refractivity contribution in [1.82, 2.24) is 10.3 Å². The number of aromatic nitrogens is 1. The molecule has 0 aromatic carbocycles. The highest BCUT2D eigenvalue weighted by Crippen LogP contribution is 2.27. The minimum Gasteiger partial charge on any atom is -0.445 e. The van der Waals surface area contributed by atoms with E-state index in [-0.39, 0.29) is 5.41 Å². The summed E-state index contributed by atoms with van der Waals surface area (Å²) in [4.78, 5) is 4.68. The number of oxazole rings is 1. The predicted molar refractivity (Wildman–Crippen MR) is 64.6 cm³/mol. The number of hydrogen-bond donors (Lipinski definition) is 1. The van der Waals surface area contributed by atoms with Crippen LogP contribution in [0.2, 0.25) is 0 Å². The van der Waals surface area contributed by atoms with Crippen LogP contribution in [0.1, 0.15) is 45.0 Å². The fourth-order valence-corrected chi connectivity index (χ4v) is 2.05. The largest absolute Gasteiger partial charge is 0.445 e. The number of hydrogen-bond acceptors (Lipinski definition) is 3. The van der Waals surface area contributed by atoms with Gasteiger partial charge in [-0.05, 0) is 19.0 Å². The van der Waals surface area contributed by atoms with Gasteiger partial charge >= 0.3 is 0 Å². The third kappa shape index (κ3) is 2.29. The molecule has 0 amide bonds. The van der Waals surface area contributed by atoms with Crippen LogP contribution in [0.15, 0.2) is 4.42 Å². The Balaban J connectivity index is 2.17. The summed E-state index contributed by atoms with van der Waals surface area (Å²) in [7, 11) is 0. The van der Waals surface area contributed by atoms with Crippen LogP contribution in [0, 0.1) is 5.92 Å². The maximum atomic E-state index is 5.86. The fourth-order valence-electron chi connectivity index (χ4n) is 2.05. The molecule has 1 fully saturated rings. The Morgan fingerprint density at radius 2 is 2.06 bits per heavy atom. The van der Waals surface area contributed by atoms with Crippen LogP contribution in [0.3, 0.4) is 0 Å². The minimum atomic E-state index is 0.0883. The molecule has 0 spiro atoms. The van der Waals surface area contributed by atoms with E-state index < -0.39 is 0 Å². The number of rotatable bonds is 3. The third-order valence-corrected chi connectivity index (χ3v) is 3.10. The Labute approximate surface area is 97.6 Å². The molecular weight excluding hydrogens is 200 g/mol. The molecule has 1 aromatic rings. The number of nitrogens with zero attached hydrogens (tertiary/aromatic N) is 1. The van der Waals surface area contributed by atoms with Crippen molar-refractivity contribution in [2.45, 2.75) is 46.0 Å². The van der Waals surface area contributed by atoms with Gasteiger partial charge in [0.15, 0.2) is 5.89 Å². The van der Waals surface area contributed by atoms with Gasteiger partial charge in [0.2, 0.25) is 0 Å². The molecule has 1 aliphatic heterocycles. The molecule has 0 aliphatic carbocycles. The first-order valence-corrected chi connectivity index (χ1v) is 6.20. The molecule has 0 atom stereocenters. The first kappa shape index (κ1) is 11.6. The van der Waals surface area contributed by atoms with Gasteiger partial charge in [-0.1, -0.05) is 27.7 Å². The molecule has 1 aromatic heterocycles. The molecule has 0 saturated carbocycles. The molecule has 1 N–H and O–H groups in total. The zero-order valence-electron chi connectivity index (χ0n) is 10.8. The lowest BCUT2D eigenvalue weighted by atomic mass is 9.90. The average Bonchev–Trinajstić information content (AvgIpc) is 2.54. The summed E-state index contributed by atoms with van der Waals surface area (Å²) in [6.07, 6.45) is 1.92. The molecule has 0 bridgehead atoms. The van der Waals surface area contributed by atoms with Gasteiger partial charge in [0.1, 0.15) is 5.76 Å². The molecule has 1 aliphatic rings. The standard InChI is InChI=1S/C13H22N2O/c1-5-10-12(13(2,3)4)15-11(16-10)6-9-7-14-8-9/h9,14H,5-8H2,1-4H3. The van der Waals surface area contributed by atoms with E-state index in [0.717, 1.165) is 49.2 Å². The van der Waals surface area contributed by atoms with Crippen molar-refractivity contribution in [3.63, 3.8) is 0 Å². The normalized spacial score (nSPS) is 17.5. The zero-order chi connectivity index (χ0) is 11.8. The quantitative estimate of drug-likeness (QED) is 0.852. The highest BCUT2D eigenvalue weighted by atomic mass is 16.4. The Morgan fingerprint density at radius 3 is 2.44 bits per heavy atom. The van der Waals surface area contributed by atoms with E-state index >= 15 is 0 Å². The Bertz CT molecular complexity index is 358. The van der Waals surface area contributed by atoms with Gasteiger partial charge in [0.05, 0.1) is 5.69 Å². The lowest BCUT2D eigenvalue weighted by molar-refractivity contribution is 0.314. The topological polar surface area (TPSA) is 38.1 Å². The molecule has 3 heteroatoms. The third-order valence-electron chi connectivity index (χ3n) is 3.10. The first-order valence-electron chi connectivity index (χ1n) is 6.20. The van der Waals surface area contributed by atoms with E-state index in [2.05, 4.69) is 38.0 Å². The maximum absolute atomic E-state index is 5.86. The van der Waals surface area contributed by atoms with Gasteiger partial charge in [-0.25, -0.2) is 4.98 Å². The van der Waals surface area contributed by atoms with Gasteiger partial charge in [-0.3, -0.25) is 0 Å². The average molecular weight is 222 g/mol. The fraction of sp³-hybridized carbons (Fsp3) is 0.769. The Morgan fingerprint density at radius 1 is 1.38 bits per heavy atom. The van der Waals surface area contributed by atoms with Crippen molar-refractivity contribution in [3.05, 3.63) is 17.3 Å². The molecule has 90 valence electrons. The highest BCUT2D eigenvalue weighted by Gasteiger charge is 2.26. The van der Waals surface area contributed by atoms with Crippen molar-refractivity contribution in [1.29, 1.82) is 0 Å². The van der Waals surface area contributed by atoms with E-state index in [1.165, 1.54) is 0 Å². The molecule has 3 nitrogen and oxygen atoms in total. The van der Waals surface area contributed by atoms with E-state index in [1.54, 1.807) is 0 Å². The van der Waals surface area contributed by atoms with Crippen molar-refractivity contribution >= 4 is 0 Å². The van der Waals surface area contributed by atoms with E-state index in [0.29, 0.717) is 0 Å². The van der Waals surface area contributed by atoms with E-state index in [4.69, 9.17) is 4.42 Å². The summed E-state index contributed by atoms with van der Waals surface area (Å²) in [5, 5.41) is 3.28. The van der Waals surface area contributed by atoms with E-state index in [1.807, 2.05) is 0 Å². The minimum absolute atomic E-state index is 0.0883. The van der Waals surface area contributed by atoms with Gasteiger partial charge < -0.3 is 9.73 Å². The molecule has 16 heavy (non-hydrogen) atoms. The molecular formula is C13H22N2O. The van der Waals surface area contributed by atoms with Crippen LogP contribution in [0.5, 0.6) is 0 Å². The predicted octanol–water partition coefficient (Wildman–Crippen LogP) is 2.30. The monoisotopic (exact) mass is 222 g/mol. The van der Waals surface area contributed by atoms with Crippen molar-refractivity contribution in [3.8, 4) is 0 Å². The van der Waals surface area contributed by atoms with Gasteiger partial charge in [-0.15, -0.1) is 0 Å². The summed E-state index contributed by atoms with van der Waals surface area (Å²) in [5.41, 5.74) is 1.22. The van der Waals surface area contributed by atoms with Crippen LogP contribution < -0.4 is 5.32 Å².